The van der Waals surface area contributed by atoms with Gasteiger partial charge in [-0.1, -0.05) is 11.6 Å². The summed E-state index contributed by atoms with van der Waals surface area (Å²) in [6.45, 7) is 0. The smallest absolute Gasteiger partial charge is 0.276 e. The second-order valence-electron chi connectivity index (χ2n) is 3.86. The monoisotopic (exact) mass is 294 g/mol. The van der Waals surface area contributed by atoms with Crippen LogP contribution < -0.4 is 15.8 Å². The number of pyridine rings is 1. The van der Waals surface area contributed by atoms with E-state index in [2.05, 4.69) is 10.3 Å². The molecule has 1 aromatic heterocycles. The molecule has 2 aromatic rings. The van der Waals surface area contributed by atoms with Crippen molar-refractivity contribution in [3.63, 3.8) is 0 Å². The Morgan fingerprint density at radius 3 is 2.80 bits per heavy atom. The molecule has 0 aliphatic heterocycles. The maximum Gasteiger partial charge on any atom is 0.276 e. The highest BCUT2D eigenvalue weighted by Gasteiger charge is 2.11. The summed E-state index contributed by atoms with van der Waals surface area (Å²) >= 11 is 6.03. The van der Waals surface area contributed by atoms with Crippen molar-refractivity contribution in [1.82, 2.24) is 4.98 Å². The lowest BCUT2D eigenvalue weighted by molar-refractivity contribution is -0.384. The topological polar surface area (TPSA) is 103 Å². The van der Waals surface area contributed by atoms with E-state index in [1.807, 2.05) is 0 Å². The van der Waals surface area contributed by atoms with E-state index in [9.17, 15) is 10.1 Å². The normalized spacial score (nSPS) is 10.1. The van der Waals surface area contributed by atoms with Gasteiger partial charge >= 0.3 is 0 Å². The Balaban J connectivity index is 2.36. The maximum absolute atomic E-state index is 10.8. The number of rotatable bonds is 4. The molecule has 1 heterocycles. The number of halogens is 1. The molecule has 7 nitrogen and oxygen atoms in total. The molecule has 0 radical (unpaired) electrons. The summed E-state index contributed by atoms with van der Waals surface area (Å²) in [5.74, 6) is 0.864. The number of hydrogen-bond donors (Lipinski definition) is 2. The molecule has 0 atom stereocenters. The van der Waals surface area contributed by atoms with Crippen LogP contribution in [-0.2, 0) is 0 Å². The van der Waals surface area contributed by atoms with Crippen LogP contribution in [0.1, 0.15) is 0 Å². The quantitative estimate of drug-likeness (QED) is 0.663. The average molecular weight is 295 g/mol. The number of nitrogens with two attached hydrogens (primary N) is 1. The van der Waals surface area contributed by atoms with Crippen molar-refractivity contribution in [2.75, 3.05) is 18.2 Å². The van der Waals surface area contributed by atoms with Gasteiger partial charge in [0, 0.05) is 6.07 Å². The molecular weight excluding hydrogens is 284 g/mol. The van der Waals surface area contributed by atoms with Gasteiger partial charge in [-0.3, -0.25) is 10.1 Å². The van der Waals surface area contributed by atoms with E-state index in [1.165, 1.54) is 19.2 Å². The summed E-state index contributed by atoms with van der Waals surface area (Å²) in [7, 11) is 1.52. The summed E-state index contributed by atoms with van der Waals surface area (Å²) < 4.78 is 5.08. The third kappa shape index (κ3) is 3.07. The Morgan fingerprint density at radius 1 is 1.40 bits per heavy atom. The lowest BCUT2D eigenvalue weighted by atomic mass is 10.3. The van der Waals surface area contributed by atoms with Crippen LogP contribution in [0.5, 0.6) is 5.75 Å². The van der Waals surface area contributed by atoms with E-state index >= 15 is 0 Å². The number of anilines is 3. The third-order valence-corrected chi connectivity index (χ3v) is 2.81. The zero-order valence-electron chi connectivity index (χ0n) is 10.5. The molecule has 104 valence electrons. The summed E-state index contributed by atoms with van der Waals surface area (Å²) in [6, 6.07) is 7.44. The zero-order valence-corrected chi connectivity index (χ0v) is 11.2. The van der Waals surface area contributed by atoms with E-state index in [-0.39, 0.29) is 17.3 Å². The number of aromatic nitrogens is 1. The number of hydrogen-bond acceptors (Lipinski definition) is 6. The van der Waals surface area contributed by atoms with Gasteiger partial charge in [-0.05, 0) is 12.1 Å². The van der Waals surface area contributed by atoms with Gasteiger partial charge in [0.15, 0.2) is 0 Å². The second-order valence-corrected chi connectivity index (χ2v) is 4.27. The van der Waals surface area contributed by atoms with Gasteiger partial charge in [0.2, 0.25) is 0 Å². The minimum atomic E-state index is -0.545. The molecule has 0 amide bonds. The summed E-state index contributed by atoms with van der Waals surface area (Å²) in [4.78, 5) is 14.2. The van der Waals surface area contributed by atoms with Gasteiger partial charge < -0.3 is 15.8 Å². The SMILES string of the molecule is COc1ccc(Cl)c(Nc2cc([N+](=O)[O-])cc(N)n2)c1. The van der Waals surface area contributed by atoms with Crippen LogP contribution in [0.25, 0.3) is 0 Å². The minimum absolute atomic E-state index is 0.0423. The Morgan fingerprint density at radius 2 is 2.15 bits per heavy atom. The van der Waals surface area contributed by atoms with Crippen molar-refractivity contribution in [2.45, 2.75) is 0 Å². The van der Waals surface area contributed by atoms with E-state index in [4.69, 9.17) is 22.1 Å². The summed E-state index contributed by atoms with van der Waals surface area (Å²) in [6.07, 6.45) is 0. The number of nitrogens with zero attached hydrogens (tertiary/aromatic N) is 2. The van der Waals surface area contributed by atoms with Crippen LogP contribution in [0.3, 0.4) is 0 Å². The molecule has 0 aliphatic carbocycles. The molecular formula is C12H11ClN4O3. The Bertz CT molecular complexity index is 663. The van der Waals surface area contributed by atoms with Crippen molar-refractivity contribution >= 4 is 34.6 Å². The van der Waals surface area contributed by atoms with Gasteiger partial charge in [0.05, 0.1) is 34.9 Å². The lowest BCUT2D eigenvalue weighted by Crippen LogP contribution is -2.00. The summed E-state index contributed by atoms with van der Waals surface area (Å²) in [5, 5.41) is 14.1. The largest absolute Gasteiger partial charge is 0.497 e. The fraction of sp³-hybridized carbons (Fsp3) is 0.0833. The van der Waals surface area contributed by atoms with Crippen LogP contribution in [0.15, 0.2) is 30.3 Å². The fourth-order valence-corrected chi connectivity index (χ4v) is 1.74. The van der Waals surface area contributed by atoms with Crippen LogP contribution in [-0.4, -0.2) is 17.0 Å². The Kier molecular flexibility index (Phi) is 3.90. The van der Waals surface area contributed by atoms with Crippen LogP contribution in [0.2, 0.25) is 5.02 Å². The molecule has 0 fully saturated rings. The highest BCUT2D eigenvalue weighted by Crippen LogP contribution is 2.30. The van der Waals surface area contributed by atoms with Gasteiger partial charge in [-0.2, -0.15) is 0 Å². The molecule has 1 aromatic carbocycles. The highest BCUT2D eigenvalue weighted by atomic mass is 35.5. The van der Waals surface area contributed by atoms with Crippen molar-refractivity contribution < 1.29 is 9.66 Å². The van der Waals surface area contributed by atoms with Crippen LogP contribution >= 0.6 is 11.6 Å². The number of benzene rings is 1. The molecule has 0 saturated heterocycles. The van der Waals surface area contributed by atoms with Crippen molar-refractivity contribution in [3.8, 4) is 5.75 Å². The van der Waals surface area contributed by atoms with Crippen LogP contribution in [0, 0.1) is 10.1 Å². The maximum atomic E-state index is 10.8. The van der Waals surface area contributed by atoms with Gasteiger partial charge in [0.1, 0.15) is 17.4 Å². The minimum Gasteiger partial charge on any atom is -0.497 e. The number of nitrogens with one attached hydrogen (secondary N) is 1. The molecule has 20 heavy (non-hydrogen) atoms. The zero-order chi connectivity index (χ0) is 14.7. The number of nitro groups is 1. The van der Waals surface area contributed by atoms with Gasteiger partial charge in [0.25, 0.3) is 5.69 Å². The first-order chi connectivity index (χ1) is 9.49. The van der Waals surface area contributed by atoms with Gasteiger partial charge in [-0.15, -0.1) is 0 Å². The van der Waals surface area contributed by atoms with Crippen molar-refractivity contribution in [1.29, 1.82) is 0 Å². The van der Waals surface area contributed by atoms with Gasteiger partial charge in [-0.25, -0.2) is 4.98 Å². The second kappa shape index (κ2) is 5.62. The molecule has 0 spiro atoms. The Labute approximate surface area is 119 Å². The van der Waals surface area contributed by atoms with Crippen LogP contribution in [0.4, 0.5) is 23.0 Å². The first kappa shape index (κ1) is 13.9. The van der Waals surface area contributed by atoms with Crippen molar-refractivity contribution in [3.05, 3.63) is 45.5 Å². The fourth-order valence-electron chi connectivity index (χ4n) is 1.57. The molecule has 0 bridgehead atoms. The van der Waals surface area contributed by atoms with E-state index in [0.717, 1.165) is 0 Å². The Hall–Kier alpha value is -2.54. The summed E-state index contributed by atoms with van der Waals surface area (Å²) in [5.41, 5.74) is 5.89. The van der Waals surface area contributed by atoms with Crippen molar-refractivity contribution in [2.24, 2.45) is 0 Å². The standard InChI is InChI=1S/C12H11ClN4O3/c1-20-8-2-3-9(13)10(6-8)15-12-5-7(17(18)19)4-11(14)16-12/h2-6H,1H3,(H3,14,15,16). The predicted octanol–water partition coefficient (Wildman–Crippen LogP) is 2.98. The molecule has 0 aliphatic rings. The van der Waals surface area contributed by atoms with E-state index in [1.54, 1.807) is 18.2 Å². The lowest BCUT2D eigenvalue weighted by Gasteiger charge is -2.09. The third-order valence-electron chi connectivity index (χ3n) is 2.48. The predicted molar refractivity (Wildman–Crippen MR) is 76.6 cm³/mol. The molecule has 8 heteroatoms. The number of ether oxygens (including phenoxy) is 1. The molecule has 0 saturated carbocycles. The number of nitrogen functional groups attached to an aromatic ring is 1. The highest BCUT2D eigenvalue weighted by molar-refractivity contribution is 6.33. The number of methoxy groups -OCH3 is 1. The molecule has 3 N–H and O–H groups in total. The average Bonchev–Trinajstić information content (AvgIpc) is 2.40. The van der Waals surface area contributed by atoms with E-state index in [0.29, 0.717) is 16.5 Å². The molecule has 0 unspecified atom stereocenters. The van der Waals surface area contributed by atoms with E-state index < -0.39 is 4.92 Å². The first-order valence-corrected chi connectivity index (χ1v) is 5.90. The molecule has 2 rings (SSSR count). The first-order valence-electron chi connectivity index (χ1n) is 5.52.